The minimum Gasteiger partial charge on any atom is -0.393 e. The number of aliphatic hydroxyl groups excluding tert-OH is 1. The molecule has 1 aromatic rings. The fourth-order valence-corrected chi connectivity index (χ4v) is 2.44. The number of likely N-dealkylation sites (tertiary alicyclic amines) is 1. The summed E-state index contributed by atoms with van der Waals surface area (Å²) in [5, 5.41) is 12.4. The summed E-state index contributed by atoms with van der Waals surface area (Å²) in [4.78, 5) is 14.2. The highest BCUT2D eigenvalue weighted by molar-refractivity contribution is 5.91. The maximum absolute atomic E-state index is 12.0. The normalized spacial score (nSPS) is 17.1. The molecule has 1 saturated heterocycles. The zero-order valence-corrected chi connectivity index (χ0v) is 11.7. The molecule has 110 valence electrons. The summed E-state index contributed by atoms with van der Waals surface area (Å²) < 4.78 is 0. The predicted octanol–water partition coefficient (Wildman–Crippen LogP) is 0.931. The number of piperidine rings is 1. The second-order valence-corrected chi connectivity index (χ2v) is 5.23. The average molecular weight is 277 g/mol. The number of hydrogen-bond donors (Lipinski definition) is 3. The van der Waals surface area contributed by atoms with Crippen LogP contribution in [-0.2, 0) is 11.3 Å². The fraction of sp³-hybridized carbons (Fsp3) is 0.533. The molecule has 1 amide bonds. The van der Waals surface area contributed by atoms with E-state index in [0.717, 1.165) is 43.7 Å². The van der Waals surface area contributed by atoms with E-state index in [-0.39, 0.29) is 12.0 Å². The molecular formula is C15H23N3O2. The Morgan fingerprint density at radius 1 is 1.35 bits per heavy atom. The molecule has 0 aliphatic carbocycles. The third-order valence-electron chi connectivity index (χ3n) is 3.72. The Hall–Kier alpha value is -1.43. The van der Waals surface area contributed by atoms with Crippen LogP contribution in [0.5, 0.6) is 0 Å². The van der Waals surface area contributed by atoms with E-state index in [2.05, 4.69) is 10.2 Å². The summed E-state index contributed by atoms with van der Waals surface area (Å²) >= 11 is 0. The van der Waals surface area contributed by atoms with Gasteiger partial charge in [-0.15, -0.1) is 0 Å². The lowest BCUT2D eigenvalue weighted by atomic mass is 10.1. The van der Waals surface area contributed by atoms with Gasteiger partial charge in [-0.1, -0.05) is 18.2 Å². The molecule has 20 heavy (non-hydrogen) atoms. The Bertz CT molecular complexity index is 442. The third kappa shape index (κ3) is 4.30. The topological polar surface area (TPSA) is 78.6 Å². The van der Waals surface area contributed by atoms with E-state index < -0.39 is 0 Å². The first-order valence-electron chi connectivity index (χ1n) is 7.17. The Kier molecular flexibility index (Phi) is 5.52. The standard InChI is InChI=1S/C15H23N3O2/c16-11-12-3-1-2-4-14(12)17-15(20)7-10-18-8-5-13(19)6-9-18/h1-4,13,19H,5-11,16H2,(H,17,20). The number of nitrogens with one attached hydrogen (secondary N) is 1. The number of para-hydroxylation sites is 1. The van der Waals surface area contributed by atoms with Gasteiger partial charge in [0.25, 0.3) is 0 Å². The number of carbonyl (C=O) groups excluding carboxylic acids is 1. The van der Waals surface area contributed by atoms with E-state index in [1.54, 1.807) is 0 Å². The first-order chi connectivity index (χ1) is 9.69. The van der Waals surface area contributed by atoms with E-state index in [1.807, 2.05) is 24.3 Å². The minimum absolute atomic E-state index is 0.0111. The molecule has 4 N–H and O–H groups in total. The summed E-state index contributed by atoms with van der Waals surface area (Å²) in [6, 6.07) is 7.59. The van der Waals surface area contributed by atoms with Gasteiger partial charge in [-0.3, -0.25) is 4.79 Å². The number of anilines is 1. The summed E-state index contributed by atoms with van der Waals surface area (Å²) in [5.74, 6) is 0.0111. The molecule has 2 rings (SSSR count). The molecule has 0 saturated carbocycles. The van der Waals surface area contributed by atoms with Gasteiger partial charge < -0.3 is 21.1 Å². The number of hydrogen-bond acceptors (Lipinski definition) is 4. The van der Waals surface area contributed by atoms with Crippen molar-refractivity contribution in [3.8, 4) is 0 Å². The van der Waals surface area contributed by atoms with E-state index in [0.29, 0.717) is 13.0 Å². The highest BCUT2D eigenvalue weighted by Gasteiger charge is 2.17. The molecule has 1 aliphatic rings. The maximum Gasteiger partial charge on any atom is 0.225 e. The van der Waals surface area contributed by atoms with Crippen molar-refractivity contribution in [2.75, 3.05) is 25.0 Å². The Balaban J connectivity index is 1.78. The zero-order valence-electron chi connectivity index (χ0n) is 11.7. The summed E-state index contributed by atoms with van der Waals surface area (Å²) in [7, 11) is 0. The van der Waals surface area contributed by atoms with Crippen molar-refractivity contribution in [1.29, 1.82) is 0 Å². The quantitative estimate of drug-likeness (QED) is 0.748. The van der Waals surface area contributed by atoms with Crippen molar-refractivity contribution in [3.63, 3.8) is 0 Å². The lowest BCUT2D eigenvalue weighted by Crippen LogP contribution is -2.37. The van der Waals surface area contributed by atoms with Crippen molar-refractivity contribution in [1.82, 2.24) is 4.90 Å². The lowest BCUT2D eigenvalue weighted by molar-refractivity contribution is -0.116. The SMILES string of the molecule is NCc1ccccc1NC(=O)CCN1CCC(O)CC1. The van der Waals surface area contributed by atoms with Crippen LogP contribution < -0.4 is 11.1 Å². The monoisotopic (exact) mass is 277 g/mol. The van der Waals surface area contributed by atoms with E-state index in [9.17, 15) is 9.90 Å². The van der Waals surface area contributed by atoms with Crippen LogP contribution in [0.2, 0.25) is 0 Å². The van der Waals surface area contributed by atoms with Crippen LogP contribution in [0.25, 0.3) is 0 Å². The van der Waals surface area contributed by atoms with E-state index in [4.69, 9.17) is 5.73 Å². The van der Waals surface area contributed by atoms with Crippen LogP contribution in [0.15, 0.2) is 24.3 Å². The van der Waals surface area contributed by atoms with Crippen LogP contribution in [0.3, 0.4) is 0 Å². The predicted molar refractivity (Wildman–Crippen MR) is 79.3 cm³/mol. The Labute approximate surface area is 119 Å². The molecule has 0 bridgehead atoms. The molecule has 0 atom stereocenters. The first-order valence-corrected chi connectivity index (χ1v) is 7.17. The smallest absolute Gasteiger partial charge is 0.225 e. The van der Waals surface area contributed by atoms with E-state index in [1.165, 1.54) is 0 Å². The number of benzene rings is 1. The van der Waals surface area contributed by atoms with Gasteiger partial charge in [-0.25, -0.2) is 0 Å². The Morgan fingerprint density at radius 3 is 2.75 bits per heavy atom. The van der Waals surface area contributed by atoms with Gasteiger partial charge in [0.05, 0.1) is 6.10 Å². The van der Waals surface area contributed by atoms with Crippen LogP contribution in [-0.4, -0.2) is 41.7 Å². The first kappa shape index (κ1) is 15.0. The summed E-state index contributed by atoms with van der Waals surface area (Å²) in [6.07, 6.45) is 1.90. The molecule has 1 fully saturated rings. The highest BCUT2D eigenvalue weighted by atomic mass is 16.3. The second-order valence-electron chi connectivity index (χ2n) is 5.23. The van der Waals surface area contributed by atoms with Gasteiger partial charge in [-0.05, 0) is 24.5 Å². The molecule has 1 heterocycles. The van der Waals surface area contributed by atoms with Crippen LogP contribution in [0, 0.1) is 0 Å². The molecule has 0 spiro atoms. The van der Waals surface area contributed by atoms with Gasteiger partial charge in [-0.2, -0.15) is 0 Å². The van der Waals surface area contributed by atoms with Crippen molar-refractivity contribution in [2.24, 2.45) is 5.73 Å². The molecule has 0 unspecified atom stereocenters. The van der Waals surface area contributed by atoms with E-state index >= 15 is 0 Å². The van der Waals surface area contributed by atoms with Gasteiger partial charge >= 0.3 is 0 Å². The van der Waals surface area contributed by atoms with Crippen LogP contribution in [0.1, 0.15) is 24.8 Å². The largest absolute Gasteiger partial charge is 0.393 e. The third-order valence-corrected chi connectivity index (χ3v) is 3.72. The minimum atomic E-state index is -0.170. The number of amides is 1. The molecule has 5 nitrogen and oxygen atoms in total. The molecule has 0 radical (unpaired) electrons. The van der Waals surface area contributed by atoms with Crippen molar-refractivity contribution in [2.45, 2.75) is 31.9 Å². The lowest BCUT2D eigenvalue weighted by Gasteiger charge is -2.29. The fourth-order valence-electron chi connectivity index (χ4n) is 2.44. The van der Waals surface area contributed by atoms with Crippen LogP contribution in [0.4, 0.5) is 5.69 Å². The van der Waals surface area contributed by atoms with Crippen molar-refractivity contribution < 1.29 is 9.90 Å². The molecule has 5 heteroatoms. The number of nitrogens with zero attached hydrogens (tertiary/aromatic N) is 1. The summed E-state index contributed by atoms with van der Waals surface area (Å²) in [6.45, 7) is 2.89. The number of nitrogens with two attached hydrogens (primary N) is 1. The zero-order chi connectivity index (χ0) is 14.4. The maximum atomic E-state index is 12.0. The highest BCUT2D eigenvalue weighted by Crippen LogP contribution is 2.15. The second kappa shape index (κ2) is 7.38. The number of aliphatic hydroxyl groups is 1. The van der Waals surface area contributed by atoms with Crippen molar-refractivity contribution in [3.05, 3.63) is 29.8 Å². The van der Waals surface area contributed by atoms with Gasteiger partial charge in [0, 0.05) is 38.3 Å². The average Bonchev–Trinajstić information content (AvgIpc) is 2.47. The summed E-state index contributed by atoms with van der Waals surface area (Å²) in [5.41, 5.74) is 7.39. The molecule has 1 aliphatic heterocycles. The van der Waals surface area contributed by atoms with Gasteiger partial charge in [0.15, 0.2) is 0 Å². The Morgan fingerprint density at radius 2 is 2.05 bits per heavy atom. The molecular weight excluding hydrogens is 254 g/mol. The van der Waals surface area contributed by atoms with Gasteiger partial charge in [0.2, 0.25) is 5.91 Å². The molecule has 0 aromatic heterocycles. The van der Waals surface area contributed by atoms with Crippen molar-refractivity contribution >= 4 is 11.6 Å². The molecule has 1 aromatic carbocycles. The van der Waals surface area contributed by atoms with Crippen LogP contribution >= 0.6 is 0 Å². The number of carbonyl (C=O) groups is 1. The van der Waals surface area contributed by atoms with Gasteiger partial charge in [0.1, 0.15) is 0 Å². The number of rotatable bonds is 5.